The van der Waals surface area contributed by atoms with Crippen molar-refractivity contribution < 1.29 is 8.42 Å². The average Bonchev–Trinajstić information content (AvgIpc) is 2.77. The largest absolute Gasteiger partial charge is 0.326 e. The minimum atomic E-state index is -3.56. The molecule has 2 aromatic rings. The summed E-state index contributed by atoms with van der Waals surface area (Å²) in [5, 5.41) is 3.12. The van der Waals surface area contributed by atoms with Gasteiger partial charge in [-0.15, -0.1) is 12.4 Å². The van der Waals surface area contributed by atoms with Crippen LogP contribution >= 0.6 is 12.4 Å². The molecule has 0 fully saturated rings. The summed E-state index contributed by atoms with van der Waals surface area (Å²) in [6.45, 7) is 0.734. The summed E-state index contributed by atoms with van der Waals surface area (Å²) < 4.78 is 28.8. The zero-order valence-electron chi connectivity index (χ0n) is 13.7. The third-order valence-electron chi connectivity index (χ3n) is 4.19. The van der Waals surface area contributed by atoms with E-state index < -0.39 is 10.2 Å². The first-order valence-corrected chi connectivity index (χ1v) is 9.04. The van der Waals surface area contributed by atoms with Crippen LogP contribution in [0.5, 0.6) is 0 Å². The quantitative estimate of drug-likeness (QED) is 0.883. The molecule has 1 aliphatic heterocycles. The molecule has 1 atom stereocenters. The molecule has 24 heavy (non-hydrogen) atoms. The number of halogens is 1. The molecule has 0 spiro atoms. The van der Waals surface area contributed by atoms with Gasteiger partial charge in [-0.3, -0.25) is 4.31 Å². The first-order chi connectivity index (χ1) is 11.1. The maximum atomic E-state index is 13.0. The fourth-order valence-corrected chi connectivity index (χ4v) is 4.62. The number of hydrogen-bond donors (Lipinski definition) is 1. The average molecular weight is 368 g/mol. The lowest BCUT2D eigenvalue weighted by molar-refractivity contribution is 0.564. The smallest absolute Gasteiger partial charge is 0.320 e. The summed E-state index contributed by atoms with van der Waals surface area (Å²) in [6.07, 6.45) is 0.696. The van der Waals surface area contributed by atoms with Gasteiger partial charge in [-0.25, -0.2) is 4.31 Å². The molecular formula is C17H22ClN3O2S. The van der Waals surface area contributed by atoms with Gasteiger partial charge in [0.05, 0.1) is 17.4 Å². The van der Waals surface area contributed by atoms with Gasteiger partial charge in [0, 0.05) is 7.05 Å². The molecule has 1 aliphatic rings. The Morgan fingerprint density at radius 3 is 2.21 bits per heavy atom. The van der Waals surface area contributed by atoms with Gasteiger partial charge in [0.15, 0.2) is 0 Å². The van der Waals surface area contributed by atoms with Crippen molar-refractivity contribution in [2.45, 2.75) is 12.5 Å². The molecule has 0 saturated heterocycles. The number of fused-ring (bicyclic) bond motifs is 1. The van der Waals surface area contributed by atoms with Crippen LogP contribution in [0.25, 0.3) is 0 Å². The molecule has 130 valence electrons. The Kier molecular flexibility index (Phi) is 5.74. The van der Waals surface area contributed by atoms with Gasteiger partial charge >= 0.3 is 10.2 Å². The zero-order valence-corrected chi connectivity index (χ0v) is 15.3. The second-order valence-electron chi connectivity index (χ2n) is 5.58. The fraction of sp³-hybridized carbons (Fsp3) is 0.294. The number of nitrogens with one attached hydrogen (secondary N) is 1. The van der Waals surface area contributed by atoms with Crippen LogP contribution in [-0.4, -0.2) is 29.1 Å². The van der Waals surface area contributed by atoms with Crippen LogP contribution in [0.15, 0.2) is 54.6 Å². The summed E-state index contributed by atoms with van der Waals surface area (Å²) >= 11 is 0. The zero-order chi connectivity index (χ0) is 16.4. The van der Waals surface area contributed by atoms with Gasteiger partial charge in [0.25, 0.3) is 0 Å². The van der Waals surface area contributed by atoms with Gasteiger partial charge < -0.3 is 5.32 Å². The summed E-state index contributed by atoms with van der Waals surface area (Å²) in [5.74, 6) is 0. The molecule has 0 bridgehead atoms. The van der Waals surface area contributed by atoms with E-state index in [1.165, 1.54) is 4.31 Å². The highest BCUT2D eigenvalue weighted by molar-refractivity contribution is 7.94. The minimum absolute atomic E-state index is 0. The van der Waals surface area contributed by atoms with E-state index in [0.717, 1.165) is 23.5 Å². The molecule has 0 saturated carbocycles. The third-order valence-corrected chi connectivity index (χ3v) is 6.03. The highest BCUT2D eigenvalue weighted by Crippen LogP contribution is 2.45. The lowest BCUT2D eigenvalue weighted by Gasteiger charge is -2.29. The van der Waals surface area contributed by atoms with Gasteiger partial charge in [-0.05, 0) is 37.7 Å². The van der Waals surface area contributed by atoms with E-state index in [0.29, 0.717) is 6.42 Å². The van der Waals surface area contributed by atoms with Gasteiger partial charge in [-0.2, -0.15) is 8.42 Å². The molecule has 3 rings (SSSR count). The normalized spacial score (nSPS) is 16.4. The lowest BCUT2D eigenvalue weighted by Crippen LogP contribution is -2.39. The van der Waals surface area contributed by atoms with Crippen molar-refractivity contribution in [1.82, 2.24) is 5.32 Å². The Labute approximate surface area is 149 Å². The summed E-state index contributed by atoms with van der Waals surface area (Å²) in [7, 11) is -0.0828. The van der Waals surface area contributed by atoms with E-state index in [4.69, 9.17) is 0 Å². The highest BCUT2D eigenvalue weighted by Gasteiger charge is 2.42. The summed E-state index contributed by atoms with van der Waals surface area (Å²) in [6, 6.07) is 17.0. The predicted octanol–water partition coefficient (Wildman–Crippen LogP) is 2.96. The Bertz CT molecular complexity index is 783. The first-order valence-electron chi connectivity index (χ1n) is 7.64. The standard InChI is InChI=1S/C17H21N3O2S.ClH/c1-18-13-12-15(14-8-4-3-5-9-14)20-17-11-7-6-10-16(17)19(2)23(20,21)22;/h3-11,15,18H,12-13H2,1-2H3;1H/t15-;/m1./s1. The van der Waals surface area contributed by atoms with E-state index in [-0.39, 0.29) is 18.4 Å². The maximum Gasteiger partial charge on any atom is 0.326 e. The molecule has 0 aliphatic carbocycles. The van der Waals surface area contributed by atoms with Crippen LogP contribution in [0, 0.1) is 0 Å². The molecule has 2 aromatic carbocycles. The number of benzene rings is 2. The molecule has 0 radical (unpaired) electrons. The maximum absolute atomic E-state index is 13.0. The van der Waals surface area contributed by atoms with Crippen LogP contribution in [0.1, 0.15) is 18.0 Å². The van der Waals surface area contributed by atoms with E-state index in [9.17, 15) is 8.42 Å². The molecule has 1 heterocycles. The Morgan fingerprint density at radius 2 is 1.58 bits per heavy atom. The van der Waals surface area contributed by atoms with E-state index in [1.807, 2.05) is 61.6 Å². The van der Waals surface area contributed by atoms with Gasteiger partial charge in [0.1, 0.15) is 0 Å². The monoisotopic (exact) mass is 367 g/mol. The predicted molar refractivity (Wildman–Crippen MR) is 101 cm³/mol. The number of nitrogens with zero attached hydrogens (tertiary/aromatic N) is 2. The number of para-hydroxylation sites is 2. The first kappa shape index (κ1) is 18.6. The van der Waals surface area contributed by atoms with E-state index in [1.54, 1.807) is 11.4 Å². The fourth-order valence-electron chi connectivity index (χ4n) is 3.00. The Morgan fingerprint density at radius 1 is 1.00 bits per heavy atom. The van der Waals surface area contributed by atoms with E-state index >= 15 is 0 Å². The molecule has 5 nitrogen and oxygen atoms in total. The van der Waals surface area contributed by atoms with Crippen molar-refractivity contribution in [2.24, 2.45) is 0 Å². The van der Waals surface area contributed by atoms with Crippen molar-refractivity contribution in [3.05, 3.63) is 60.2 Å². The van der Waals surface area contributed by atoms with Crippen molar-refractivity contribution in [1.29, 1.82) is 0 Å². The van der Waals surface area contributed by atoms with Crippen molar-refractivity contribution >= 4 is 34.0 Å². The van der Waals surface area contributed by atoms with Crippen LogP contribution in [-0.2, 0) is 10.2 Å². The van der Waals surface area contributed by atoms with E-state index in [2.05, 4.69) is 5.32 Å². The van der Waals surface area contributed by atoms with Crippen LogP contribution < -0.4 is 13.9 Å². The number of rotatable bonds is 5. The SMILES string of the molecule is CNCC[C@H](c1ccccc1)N1c2ccccc2N(C)S1(=O)=O.Cl. The molecule has 0 amide bonds. The number of anilines is 2. The van der Waals surface area contributed by atoms with Gasteiger partial charge in [-0.1, -0.05) is 42.5 Å². The summed E-state index contributed by atoms with van der Waals surface area (Å²) in [4.78, 5) is 0. The second kappa shape index (κ2) is 7.42. The topological polar surface area (TPSA) is 52.6 Å². The summed E-state index contributed by atoms with van der Waals surface area (Å²) in [5.41, 5.74) is 2.45. The molecule has 0 unspecified atom stereocenters. The third kappa shape index (κ3) is 3.09. The molecular weight excluding hydrogens is 346 g/mol. The number of hydrogen-bond acceptors (Lipinski definition) is 3. The Balaban J connectivity index is 0.00000208. The molecule has 1 N–H and O–H groups in total. The van der Waals surface area contributed by atoms with Crippen LogP contribution in [0.2, 0.25) is 0 Å². The van der Waals surface area contributed by atoms with Crippen molar-refractivity contribution in [3.63, 3.8) is 0 Å². The van der Waals surface area contributed by atoms with Crippen LogP contribution in [0.3, 0.4) is 0 Å². The molecule has 0 aromatic heterocycles. The highest BCUT2D eigenvalue weighted by atomic mass is 35.5. The minimum Gasteiger partial charge on any atom is -0.320 e. The second-order valence-corrected chi connectivity index (χ2v) is 7.42. The van der Waals surface area contributed by atoms with Gasteiger partial charge in [0.2, 0.25) is 0 Å². The van der Waals surface area contributed by atoms with Crippen molar-refractivity contribution in [3.8, 4) is 0 Å². The van der Waals surface area contributed by atoms with Crippen LogP contribution in [0.4, 0.5) is 11.4 Å². The lowest BCUT2D eigenvalue weighted by atomic mass is 10.0. The van der Waals surface area contributed by atoms with Crippen molar-refractivity contribution in [2.75, 3.05) is 29.3 Å². The molecule has 7 heteroatoms. The Hall–Kier alpha value is -1.76.